The normalized spacial score (nSPS) is 10.2. The number of ether oxygens (including phenoxy) is 1. The van der Waals surface area contributed by atoms with Crippen molar-refractivity contribution < 1.29 is 18.3 Å². The third-order valence-electron chi connectivity index (χ3n) is 2.01. The second kappa shape index (κ2) is 6.36. The Balaban J connectivity index is 3.03. The molecule has 0 radical (unpaired) electrons. The van der Waals surface area contributed by atoms with Crippen LogP contribution in [0.5, 0.6) is 0 Å². The van der Waals surface area contributed by atoms with Crippen LogP contribution in [0.1, 0.15) is 15.9 Å². The van der Waals surface area contributed by atoms with Crippen LogP contribution in [-0.4, -0.2) is 19.6 Å². The zero-order valence-corrected chi connectivity index (χ0v) is 9.43. The molecular weight excluding hydrogens is 244 g/mol. The van der Waals surface area contributed by atoms with E-state index in [-0.39, 0.29) is 12.1 Å². The molecule has 7 heteroatoms. The molecule has 0 unspecified atom stereocenters. The molecule has 0 aromatic heterocycles. The highest BCUT2D eigenvalue weighted by Crippen LogP contribution is 2.17. The smallest absolute Gasteiger partial charge is 0.343 e. The summed E-state index contributed by atoms with van der Waals surface area (Å²) in [5.41, 5.74) is 7.51. The van der Waals surface area contributed by atoms with Gasteiger partial charge in [0.2, 0.25) is 0 Å². The Kier molecular flexibility index (Phi) is 4.83. The highest BCUT2D eigenvalue weighted by Gasteiger charge is 2.18. The Morgan fingerprint density at radius 1 is 1.50 bits per heavy atom. The number of esters is 1. The van der Waals surface area contributed by atoms with Gasteiger partial charge in [-0.3, -0.25) is 0 Å². The Bertz CT molecular complexity index is 514. The van der Waals surface area contributed by atoms with Gasteiger partial charge in [-0.25, -0.2) is 13.6 Å². The number of hydrogen-bond acceptors (Lipinski definition) is 3. The van der Waals surface area contributed by atoms with Gasteiger partial charge in [-0.2, -0.15) is 0 Å². The molecule has 0 aliphatic heterocycles. The fourth-order valence-electron chi connectivity index (χ4n) is 1.26. The van der Waals surface area contributed by atoms with Gasteiger partial charge in [-0.05, 0) is 23.2 Å². The maximum Gasteiger partial charge on any atom is 0.343 e. The predicted molar refractivity (Wildman–Crippen MR) is 60.7 cm³/mol. The SMILES string of the molecule is COC(=O)c1c(F)cc(C=CCN=[N+]=[N-])cc1F. The minimum atomic E-state index is -1.07. The van der Waals surface area contributed by atoms with Gasteiger partial charge >= 0.3 is 5.97 Å². The molecule has 0 fully saturated rings. The van der Waals surface area contributed by atoms with E-state index in [0.29, 0.717) is 0 Å². The summed E-state index contributed by atoms with van der Waals surface area (Å²) >= 11 is 0. The second-order valence-corrected chi connectivity index (χ2v) is 3.17. The molecule has 0 saturated carbocycles. The highest BCUT2D eigenvalue weighted by molar-refractivity contribution is 5.90. The number of carbonyl (C=O) groups excluding carboxylic acids is 1. The number of carbonyl (C=O) groups is 1. The number of azide groups is 1. The minimum absolute atomic E-state index is 0.0679. The summed E-state index contributed by atoms with van der Waals surface area (Å²) in [6.07, 6.45) is 2.81. The maximum absolute atomic E-state index is 13.5. The quantitative estimate of drug-likeness (QED) is 0.358. The van der Waals surface area contributed by atoms with Gasteiger partial charge in [-0.15, -0.1) is 0 Å². The largest absolute Gasteiger partial charge is 0.465 e. The van der Waals surface area contributed by atoms with Crippen molar-refractivity contribution in [3.8, 4) is 0 Å². The third kappa shape index (κ3) is 3.29. The van der Waals surface area contributed by atoms with E-state index in [2.05, 4.69) is 14.8 Å². The molecule has 0 atom stereocenters. The van der Waals surface area contributed by atoms with E-state index >= 15 is 0 Å². The van der Waals surface area contributed by atoms with Crippen molar-refractivity contribution in [1.82, 2.24) is 0 Å². The number of hydrogen-bond donors (Lipinski definition) is 0. The lowest BCUT2D eigenvalue weighted by atomic mass is 10.1. The molecule has 18 heavy (non-hydrogen) atoms. The first-order chi connectivity index (χ1) is 8.60. The van der Waals surface area contributed by atoms with Crippen LogP contribution in [0, 0.1) is 11.6 Å². The van der Waals surface area contributed by atoms with Crippen molar-refractivity contribution >= 4 is 12.0 Å². The van der Waals surface area contributed by atoms with Crippen LogP contribution in [0.15, 0.2) is 23.3 Å². The third-order valence-corrected chi connectivity index (χ3v) is 2.01. The van der Waals surface area contributed by atoms with Crippen LogP contribution in [0.2, 0.25) is 0 Å². The minimum Gasteiger partial charge on any atom is -0.465 e. The number of benzene rings is 1. The lowest BCUT2D eigenvalue weighted by Crippen LogP contribution is -2.08. The Morgan fingerprint density at radius 3 is 2.61 bits per heavy atom. The van der Waals surface area contributed by atoms with Gasteiger partial charge in [0.1, 0.15) is 17.2 Å². The lowest BCUT2D eigenvalue weighted by molar-refractivity contribution is 0.0590. The van der Waals surface area contributed by atoms with Crippen LogP contribution in [-0.2, 0) is 4.74 Å². The molecule has 1 aromatic rings. The van der Waals surface area contributed by atoms with Gasteiger partial charge in [-0.1, -0.05) is 17.3 Å². The summed E-state index contributed by atoms with van der Waals surface area (Å²) < 4.78 is 31.2. The first-order valence-corrected chi connectivity index (χ1v) is 4.85. The summed E-state index contributed by atoms with van der Waals surface area (Å²) in [7, 11) is 1.04. The summed E-state index contributed by atoms with van der Waals surface area (Å²) in [5.74, 6) is -3.09. The van der Waals surface area contributed by atoms with Crippen LogP contribution in [0.3, 0.4) is 0 Å². The molecule has 0 aliphatic carbocycles. The maximum atomic E-state index is 13.5. The van der Waals surface area contributed by atoms with Gasteiger partial charge in [0.05, 0.1) is 7.11 Å². The van der Waals surface area contributed by atoms with Crippen molar-refractivity contribution in [2.75, 3.05) is 13.7 Å². The molecule has 0 aliphatic rings. The standard InChI is InChI=1S/C11H9F2N3O2/c1-18-11(17)10-8(12)5-7(6-9(10)13)3-2-4-15-16-14/h2-3,5-6H,4H2,1H3. The van der Waals surface area contributed by atoms with Crippen LogP contribution in [0.25, 0.3) is 16.5 Å². The van der Waals surface area contributed by atoms with E-state index in [0.717, 1.165) is 19.2 Å². The van der Waals surface area contributed by atoms with E-state index in [4.69, 9.17) is 5.53 Å². The van der Waals surface area contributed by atoms with Crippen LogP contribution in [0.4, 0.5) is 8.78 Å². The monoisotopic (exact) mass is 253 g/mol. The fourth-order valence-corrected chi connectivity index (χ4v) is 1.26. The predicted octanol–water partition coefficient (Wildman–Crippen LogP) is 3.07. The molecule has 0 N–H and O–H groups in total. The average Bonchev–Trinajstić information content (AvgIpc) is 2.33. The second-order valence-electron chi connectivity index (χ2n) is 3.17. The summed E-state index contributed by atoms with van der Waals surface area (Å²) in [4.78, 5) is 13.6. The molecular formula is C11H9F2N3O2. The molecule has 1 rings (SSSR count). The number of rotatable bonds is 4. The van der Waals surface area contributed by atoms with Crippen LogP contribution < -0.4 is 0 Å². The van der Waals surface area contributed by atoms with Gasteiger partial charge in [0.25, 0.3) is 0 Å². The molecule has 94 valence electrons. The molecule has 0 saturated heterocycles. The summed E-state index contributed by atoms with van der Waals surface area (Å²) in [5, 5.41) is 3.22. The Labute approximate surface area is 101 Å². The highest BCUT2D eigenvalue weighted by atomic mass is 19.1. The van der Waals surface area contributed by atoms with Crippen molar-refractivity contribution in [1.29, 1.82) is 0 Å². The van der Waals surface area contributed by atoms with Crippen molar-refractivity contribution in [2.45, 2.75) is 0 Å². The molecule has 5 nitrogen and oxygen atoms in total. The van der Waals surface area contributed by atoms with Crippen molar-refractivity contribution in [2.24, 2.45) is 5.11 Å². The lowest BCUT2D eigenvalue weighted by Gasteiger charge is -2.04. The van der Waals surface area contributed by atoms with Crippen molar-refractivity contribution in [3.63, 3.8) is 0 Å². The Hall–Kier alpha value is -2.40. The zero-order chi connectivity index (χ0) is 13.5. The van der Waals surface area contributed by atoms with E-state index in [9.17, 15) is 13.6 Å². The fraction of sp³-hybridized carbons (Fsp3) is 0.182. The Morgan fingerprint density at radius 2 is 2.11 bits per heavy atom. The first-order valence-electron chi connectivity index (χ1n) is 4.85. The molecule has 0 heterocycles. The van der Waals surface area contributed by atoms with Gasteiger partial charge in [0.15, 0.2) is 0 Å². The van der Waals surface area contributed by atoms with E-state index in [1.165, 1.54) is 12.2 Å². The van der Waals surface area contributed by atoms with Gasteiger partial charge < -0.3 is 4.74 Å². The van der Waals surface area contributed by atoms with Crippen molar-refractivity contribution in [3.05, 3.63) is 51.4 Å². The number of halogens is 2. The van der Waals surface area contributed by atoms with E-state index in [1.807, 2.05) is 0 Å². The summed E-state index contributed by atoms with van der Waals surface area (Å²) in [6.45, 7) is 0.0679. The molecule has 0 bridgehead atoms. The van der Waals surface area contributed by atoms with Gasteiger partial charge in [0, 0.05) is 11.5 Å². The molecule has 0 spiro atoms. The molecule has 0 amide bonds. The van der Waals surface area contributed by atoms with E-state index < -0.39 is 23.2 Å². The molecule has 1 aromatic carbocycles. The average molecular weight is 253 g/mol. The number of methoxy groups -OCH3 is 1. The summed E-state index contributed by atoms with van der Waals surface area (Å²) in [6, 6.07) is 1.98. The number of nitrogens with zero attached hydrogens (tertiary/aromatic N) is 3. The zero-order valence-electron chi connectivity index (χ0n) is 9.43. The van der Waals surface area contributed by atoms with Crippen LogP contribution >= 0.6 is 0 Å². The van der Waals surface area contributed by atoms with E-state index in [1.54, 1.807) is 0 Å². The topological polar surface area (TPSA) is 75.1 Å². The first kappa shape index (κ1) is 13.7.